The van der Waals surface area contributed by atoms with Crippen molar-refractivity contribution >= 4 is 5.91 Å². The molecule has 0 spiro atoms. The molecule has 2 heterocycles. The van der Waals surface area contributed by atoms with Gasteiger partial charge in [-0.15, -0.1) is 0 Å². The highest BCUT2D eigenvalue weighted by atomic mass is 16.5. The Balaban J connectivity index is 1.68. The van der Waals surface area contributed by atoms with Gasteiger partial charge in [-0.25, -0.2) is 0 Å². The summed E-state index contributed by atoms with van der Waals surface area (Å²) in [6.07, 6.45) is 3.28. The monoisotopic (exact) mass is 309 g/mol. The predicted molar refractivity (Wildman–Crippen MR) is 83.3 cm³/mol. The third-order valence-electron chi connectivity index (χ3n) is 3.44. The summed E-state index contributed by atoms with van der Waals surface area (Å²) in [7, 11) is 0. The zero-order valence-corrected chi connectivity index (χ0v) is 12.3. The minimum Gasteiger partial charge on any atom is -0.392 e. The Morgan fingerprint density at radius 2 is 1.87 bits per heavy atom. The molecule has 2 N–H and O–H groups in total. The van der Waals surface area contributed by atoms with Gasteiger partial charge in [0.15, 0.2) is 11.5 Å². The minimum absolute atomic E-state index is 0.0673. The van der Waals surface area contributed by atoms with Crippen molar-refractivity contribution in [2.75, 3.05) is 0 Å². The molecule has 0 aliphatic carbocycles. The van der Waals surface area contributed by atoms with Crippen LogP contribution in [0.25, 0.3) is 11.3 Å². The average molecular weight is 309 g/mol. The fourth-order valence-corrected chi connectivity index (χ4v) is 2.18. The van der Waals surface area contributed by atoms with Crippen molar-refractivity contribution in [2.24, 2.45) is 0 Å². The third-order valence-corrected chi connectivity index (χ3v) is 3.44. The molecule has 0 fully saturated rings. The molecule has 0 atom stereocenters. The second-order valence-electron chi connectivity index (χ2n) is 4.92. The number of pyridine rings is 1. The Kier molecular flexibility index (Phi) is 4.44. The van der Waals surface area contributed by atoms with Crippen LogP contribution >= 0.6 is 0 Å². The molecule has 0 saturated heterocycles. The highest BCUT2D eigenvalue weighted by Crippen LogP contribution is 2.19. The number of amides is 1. The summed E-state index contributed by atoms with van der Waals surface area (Å²) in [5, 5.41) is 15.8. The summed E-state index contributed by atoms with van der Waals surface area (Å²) < 4.78 is 5.19. The second kappa shape index (κ2) is 6.85. The lowest BCUT2D eigenvalue weighted by Gasteiger charge is -2.07. The maximum absolute atomic E-state index is 12.2. The number of benzene rings is 1. The van der Waals surface area contributed by atoms with Gasteiger partial charge >= 0.3 is 0 Å². The molecular formula is C17H15N3O3. The first-order valence-corrected chi connectivity index (χ1v) is 7.11. The van der Waals surface area contributed by atoms with E-state index in [2.05, 4.69) is 15.5 Å². The number of hydrogen-bond acceptors (Lipinski definition) is 5. The van der Waals surface area contributed by atoms with Crippen LogP contribution in [0.2, 0.25) is 0 Å². The smallest absolute Gasteiger partial charge is 0.273 e. The zero-order chi connectivity index (χ0) is 16.1. The molecule has 1 aromatic carbocycles. The van der Waals surface area contributed by atoms with Crippen LogP contribution in [0.3, 0.4) is 0 Å². The van der Waals surface area contributed by atoms with E-state index in [0.717, 1.165) is 16.7 Å². The normalized spacial score (nSPS) is 10.5. The number of aliphatic hydroxyl groups excluding tert-OH is 1. The van der Waals surface area contributed by atoms with Gasteiger partial charge in [0.25, 0.3) is 5.91 Å². The van der Waals surface area contributed by atoms with E-state index in [0.29, 0.717) is 12.3 Å². The molecule has 0 saturated carbocycles. The molecule has 0 aliphatic heterocycles. The molecule has 2 aromatic heterocycles. The number of hydrogen-bond donors (Lipinski definition) is 2. The quantitative estimate of drug-likeness (QED) is 0.754. The predicted octanol–water partition coefficient (Wildman–Crippen LogP) is 2.16. The molecular weight excluding hydrogens is 294 g/mol. The van der Waals surface area contributed by atoms with Crippen LogP contribution < -0.4 is 5.32 Å². The van der Waals surface area contributed by atoms with Gasteiger partial charge in [-0.2, -0.15) is 0 Å². The number of carbonyl (C=O) groups is 1. The van der Waals surface area contributed by atoms with E-state index in [4.69, 9.17) is 4.52 Å². The SMILES string of the molecule is O=C(NCc1ccccc1CO)c1cc(-c2ccncc2)on1. The average Bonchev–Trinajstić information content (AvgIpc) is 3.11. The van der Waals surface area contributed by atoms with Crippen molar-refractivity contribution in [1.82, 2.24) is 15.5 Å². The van der Waals surface area contributed by atoms with Gasteiger partial charge in [0, 0.05) is 30.6 Å². The van der Waals surface area contributed by atoms with E-state index in [1.807, 2.05) is 24.3 Å². The van der Waals surface area contributed by atoms with Crippen LogP contribution in [-0.2, 0) is 13.2 Å². The number of nitrogens with zero attached hydrogens (tertiary/aromatic N) is 2. The van der Waals surface area contributed by atoms with Crippen molar-refractivity contribution in [3.8, 4) is 11.3 Å². The summed E-state index contributed by atoms with van der Waals surface area (Å²) in [5.41, 5.74) is 2.65. The van der Waals surface area contributed by atoms with E-state index in [1.165, 1.54) is 0 Å². The number of carbonyl (C=O) groups excluding carboxylic acids is 1. The lowest BCUT2D eigenvalue weighted by molar-refractivity contribution is 0.0941. The molecule has 0 unspecified atom stereocenters. The van der Waals surface area contributed by atoms with E-state index in [1.54, 1.807) is 30.6 Å². The van der Waals surface area contributed by atoms with Gasteiger partial charge in [0.05, 0.1) is 6.61 Å². The Bertz CT molecular complexity index is 800. The largest absolute Gasteiger partial charge is 0.392 e. The van der Waals surface area contributed by atoms with Crippen LogP contribution in [0.15, 0.2) is 59.4 Å². The summed E-state index contributed by atoms with van der Waals surface area (Å²) in [6.45, 7) is 0.245. The summed E-state index contributed by atoms with van der Waals surface area (Å²) >= 11 is 0. The summed E-state index contributed by atoms with van der Waals surface area (Å²) in [5.74, 6) is 0.176. The third kappa shape index (κ3) is 3.44. The molecule has 23 heavy (non-hydrogen) atoms. The number of nitrogens with one attached hydrogen (secondary N) is 1. The fraction of sp³-hybridized carbons (Fsp3) is 0.118. The Morgan fingerprint density at radius 3 is 2.61 bits per heavy atom. The fourth-order valence-electron chi connectivity index (χ4n) is 2.18. The van der Waals surface area contributed by atoms with Gasteiger partial charge in [-0.1, -0.05) is 29.4 Å². The van der Waals surface area contributed by atoms with Crippen LogP contribution in [0.4, 0.5) is 0 Å². The molecule has 0 bridgehead atoms. The summed E-state index contributed by atoms with van der Waals surface area (Å²) in [6, 6.07) is 12.5. The number of aliphatic hydroxyl groups is 1. The molecule has 116 valence electrons. The van der Waals surface area contributed by atoms with Gasteiger partial charge in [0.1, 0.15) is 0 Å². The van der Waals surface area contributed by atoms with Gasteiger partial charge < -0.3 is 14.9 Å². The molecule has 0 radical (unpaired) electrons. The number of aromatic nitrogens is 2. The molecule has 3 aromatic rings. The van der Waals surface area contributed by atoms with Gasteiger partial charge in [-0.3, -0.25) is 9.78 Å². The lowest BCUT2D eigenvalue weighted by atomic mass is 10.1. The van der Waals surface area contributed by atoms with Crippen LogP contribution in [0, 0.1) is 0 Å². The first kappa shape index (κ1) is 14.9. The topological polar surface area (TPSA) is 88.2 Å². The zero-order valence-electron chi connectivity index (χ0n) is 12.3. The van der Waals surface area contributed by atoms with Crippen molar-refractivity contribution in [3.63, 3.8) is 0 Å². The van der Waals surface area contributed by atoms with E-state index in [9.17, 15) is 9.90 Å². The first-order chi connectivity index (χ1) is 11.3. The molecule has 1 amide bonds. The van der Waals surface area contributed by atoms with Gasteiger partial charge in [-0.05, 0) is 23.3 Å². The Hall–Kier alpha value is -2.99. The van der Waals surface area contributed by atoms with Crippen LogP contribution in [0.5, 0.6) is 0 Å². The van der Waals surface area contributed by atoms with E-state index >= 15 is 0 Å². The van der Waals surface area contributed by atoms with Crippen LogP contribution in [0.1, 0.15) is 21.6 Å². The van der Waals surface area contributed by atoms with Crippen molar-refractivity contribution < 1.29 is 14.4 Å². The van der Waals surface area contributed by atoms with Crippen molar-refractivity contribution in [3.05, 3.63) is 71.7 Å². The van der Waals surface area contributed by atoms with Crippen molar-refractivity contribution in [1.29, 1.82) is 0 Å². The first-order valence-electron chi connectivity index (χ1n) is 7.11. The molecule has 6 heteroatoms. The molecule has 6 nitrogen and oxygen atoms in total. The maximum Gasteiger partial charge on any atom is 0.273 e. The standard InChI is InChI=1S/C17H15N3O3/c21-11-14-4-2-1-3-13(14)10-19-17(22)15-9-16(23-20-15)12-5-7-18-8-6-12/h1-9,21H,10-11H2,(H,19,22). The highest BCUT2D eigenvalue weighted by molar-refractivity contribution is 5.93. The molecule has 0 aliphatic rings. The number of rotatable bonds is 5. The lowest BCUT2D eigenvalue weighted by Crippen LogP contribution is -2.23. The van der Waals surface area contributed by atoms with Crippen LogP contribution in [-0.4, -0.2) is 21.2 Å². The Labute approximate surface area is 132 Å². The Morgan fingerprint density at radius 1 is 1.13 bits per heavy atom. The van der Waals surface area contributed by atoms with E-state index in [-0.39, 0.29) is 18.2 Å². The summed E-state index contributed by atoms with van der Waals surface area (Å²) in [4.78, 5) is 16.1. The highest BCUT2D eigenvalue weighted by Gasteiger charge is 2.13. The van der Waals surface area contributed by atoms with E-state index < -0.39 is 0 Å². The second-order valence-corrected chi connectivity index (χ2v) is 4.92. The molecule has 3 rings (SSSR count). The maximum atomic E-state index is 12.2. The van der Waals surface area contributed by atoms with Gasteiger partial charge in [0.2, 0.25) is 0 Å². The minimum atomic E-state index is -0.332. The van der Waals surface area contributed by atoms with Crippen molar-refractivity contribution in [2.45, 2.75) is 13.2 Å².